The highest BCUT2D eigenvalue weighted by molar-refractivity contribution is 6.30. The third kappa shape index (κ3) is 3.34. The number of rotatable bonds is 4. The molecule has 124 valence electrons. The molecule has 0 aromatic heterocycles. The number of carboxylic acids is 1. The van der Waals surface area contributed by atoms with E-state index in [4.69, 9.17) is 11.6 Å². The molecule has 1 N–H and O–H groups in total. The summed E-state index contributed by atoms with van der Waals surface area (Å²) < 4.78 is 14.5. The zero-order chi connectivity index (χ0) is 17.3. The normalized spacial score (nSPS) is 22.6. The molecule has 0 spiro atoms. The van der Waals surface area contributed by atoms with Crippen molar-refractivity contribution >= 4 is 29.4 Å². The number of Topliss-reactive ketones (excluding diaryl/α,β-unsaturated/α-hetero) is 1. The molecule has 0 bridgehead atoms. The number of carboxylic acid groups (broad SMARTS) is 1. The maximum atomic E-state index is 14.5. The zero-order valence-corrected chi connectivity index (χ0v) is 13.6. The molecule has 1 fully saturated rings. The smallest absolute Gasteiger partial charge is 0.315 e. The molecule has 3 rings (SSSR count). The SMILES string of the molecule is O=C(C1=CC(C(=O)O)C(=Cc2ccc(Cl)cc2)C(F)=C1)C1CCC1. The molecule has 5 heteroatoms. The number of carbonyl (C=O) groups excluding carboxylic acids is 1. The van der Waals surface area contributed by atoms with Crippen molar-refractivity contribution in [1.29, 1.82) is 0 Å². The summed E-state index contributed by atoms with van der Waals surface area (Å²) in [5.74, 6) is -3.30. The number of ketones is 1. The minimum absolute atomic E-state index is 0.0370. The van der Waals surface area contributed by atoms with Crippen LogP contribution in [0.25, 0.3) is 6.08 Å². The van der Waals surface area contributed by atoms with E-state index in [9.17, 15) is 19.1 Å². The van der Waals surface area contributed by atoms with Crippen LogP contribution in [0.3, 0.4) is 0 Å². The lowest BCUT2D eigenvalue weighted by molar-refractivity contribution is -0.138. The van der Waals surface area contributed by atoms with Gasteiger partial charge in [-0.1, -0.05) is 36.2 Å². The van der Waals surface area contributed by atoms with E-state index in [1.807, 2.05) is 0 Å². The standard InChI is InChI=1S/C19H16ClFO3/c20-14-6-4-11(5-7-14)8-15-16(19(23)24)9-13(10-17(15)21)18(22)12-2-1-3-12/h4-10,12,16H,1-3H2,(H,23,24). The molecule has 0 radical (unpaired) electrons. The lowest BCUT2D eigenvalue weighted by atomic mass is 9.77. The summed E-state index contributed by atoms with van der Waals surface area (Å²) in [5.41, 5.74) is 0.846. The van der Waals surface area contributed by atoms with Crippen molar-refractivity contribution in [1.82, 2.24) is 0 Å². The minimum atomic E-state index is -1.18. The van der Waals surface area contributed by atoms with Crippen LogP contribution in [0, 0.1) is 11.8 Å². The van der Waals surface area contributed by atoms with Crippen molar-refractivity contribution in [2.24, 2.45) is 11.8 Å². The molecule has 0 saturated heterocycles. The van der Waals surface area contributed by atoms with Crippen LogP contribution in [0.4, 0.5) is 4.39 Å². The largest absolute Gasteiger partial charge is 0.481 e. The second-order valence-corrected chi connectivity index (χ2v) is 6.51. The Balaban J connectivity index is 1.94. The zero-order valence-electron chi connectivity index (χ0n) is 12.8. The second kappa shape index (κ2) is 6.73. The number of carbonyl (C=O) groups is 2. The van der Waals surface area contributed by atoms with E-state index in [-0.39, 0.29) is 22.8 Å². The molecule has 3 nitrogen and oxygen atoms in total. The quantitative estimate of drug-likeness (QED) is 0.867. The van der Waals surface area contributed by atoms with Crippen LogP contribution in [0.2, 0.25) is 5.02 Å². The van der Waals surface area contributed by atoms with Gasteiger partial charge in [-0.2, -0.15) is 0 Å². The fourth-order valence-corrected chi connectivity index (χ4v) is 2.97. The lowest BCUT2D eigenvalue weighted by Gasteiger charge is -2.26. The second-order valence-electron chi connectivity index (χ2n) is 6.07. The van der Waals surface area contributed by atoms with Crippen LogP contribution in [-0.2, 0) is 9.59 Å². The van der Waals surface area contributed by atoms with Gasteiger partial charge in [0.25, 0.3) is 0 Å². The first-order valence-corrected chi connectivity index (χ1v) is 8.17. The highest BCUT2D eigenvalue weighted by atomic mass is 35.5. The van der Waals surface area contributed by atoms with Crippen molar-refractivity contribution in [2.75, 3.05) is 0 Å². The molecular formula is C19H16ClFO3. The van der Waals surface area contributed by atoms with Gasteiger partial charge in [-0.05, 0) is 42.7 Å². The Morgan fingerprint density at radius 3 is 2.42 bits per heavy atom. The van der Waals surface area contributed by atoms with Gasteiger partial charge in [0.1, 0.15) is 11.7 Å². The van der Waals surface area contributed by atoms with Crippen molar-refractivity contribution in [3.05, 3.63) is 64.0 Å². The van der Waals surface area contributed by atoms with E-state index in [0.29, 0.717) is 10.6 Å². The minimum Gasteiger partial charge on any atom is -0.481 e. The Bertz CT molecular complexity index is 770. The molecule has 1 aromatic rings. The van der Waals surface area contributed by atoms with Gasteiger partial charge >= 0.3 is 5.97 Å². The average Bonchev–Trinajstić information content (AvgIpc) is 2.49. The molecule has 1 unspecified atom stereocenters. The number of halogens is 2. The maximum absolute atomic E-state index is 14.5. The van der Waals surface area contributed by atoms with Gasteiger partial charge in [0, 0.05) is 22.1 Å². The Kier molecular flexibility index (Phi) is 4.67. The first kappa shape index (κ1) is 16.7. The Morgan fingerprint density at radius 1 is 1.21 bits per heavy atom. The summed E-state index contributed by atoms with van der Waals surface area (Å²) in [4.78, 5) is 23.9. The summed E-state index contributed by atoms with van der Waals surface area (Å²) in [6, 6.07) is 6.66. The lowest BCUT2D eigenvalue weighted by Crippen LogP contribution is -2.26. The third-order valence-electron chi connectivity index (χ3n) is 4.46. The van der Waals surface area contributed by atoms with E-state index in [1.165, 1.54) is 12.2 Å². The molecule has 2 aliphatic rings. The molecular weight excluding hydrogens is 331 g/mol. The fraction of sp³-hybridized carbons (Fsp3) is 0.263. The summed E-state index contributed by atoms with van der Waals surface area (Å²) in [6.07, 6.45) is 6.55. The van der Waals surface area contributed by atoms with Crippen LogP contribution < -0.4 is 0 Å². The van der Waals surface area contributed by atoms with Gasteiger partial charge in [0.05, 0.1) is 0 Å². The Morgan fingerprint density at radius 2 is 1.88 bits per heavy atom. The molecule has 1 aromatic carbocycles. The molecule has 0 heterocycles. The predicted octanol–water partition coefficient (Wildman–Crippen LogP) is 4.59. The van der Waals surface area contributed by atoms with Gasteiger partial charge < -0.3 is 5.11 Å². The van der Waals surface area contributed by atoms with Crippen LogP contribution in [0.5, 0.6) is 0 Å². The highest BCUT2D eigenvalue weighted by Gasteiger charge is 2.33. The van der Waals surface area contributed by atoms with Crippen LogP contribution in [-0.4, -0.2) is 16.9 Å². The van der Waals surface area contributed by atoms with E-state index in [1.54, 1.807) is 24.3 Å². The highest BCUT2D eigenvalue weighted by Crippen LogP contribution is 2.36. The monoisotopic (exact) mass is 346 g/mol. The molecule has 0 amide bonds. The van der Waals surface area contributed by atoms with Gasteiger partial charge in [0.15, 0.2) is 5.78 Å². The van der Waals surface area contributed by atoms with Crippen molar-refractivity contribution in [2.45, 2.75) is 19.3 Å². The predicted molar refractivity (Wildman–Crippen MR) is 90.2 cm³/mol. The van der Waals surface area contributed by atoms with Gasteiger partial charge in [-0.25, -0.2) is 4.39 Å². The fourth-order valence-electron chi connectivity index (χ4n) is 2.85. The Hall–Kier alpha value is -2.20. The maximum Gasteiger partial charge on any atom is 0.315 e. The average molecular weight is 347 g/mol. The number of allylic oxidation sites excluding steroid dienone is 3. The summed E-state index contributed by atoms with van der Waals surface area (Å²) in [7, 11) is 0. The van der Waals surface area contributed by atoms with Gasteiger partial charge in [0.2, 0.25) is 0 Å². The molecule has 1 atom stereocenters. The molecule has 1 saturated carbocycles. The van der Waals surface area contributed by atoms with Gasteiger partial charge in [-0.15, -0.1) is 0 Å². The topological polar surface area (TPSA) is 54.4 Å². The Labute approximate surface area is 144 Å². The number of hydrogen-bond acceptors (Lipinski definition) is 2. The molecule has 24 heavy (non-hydrogen) atoms. The summed E-state index contributed by atoms with van der Waals surface area (Å²) in [5, 5.41) is 9.99. The van der Waals surface area contributed by atoms with Crippen LogP contribution in [0.15, 0.2) is 53.4 Å². The number of hydrogen-bond donors (Lipinski definition) is 1. The number of benzene rings is 1. The summed E-state index contributed by atoms with van der Waals surface area (Å²) >= 11 is 5.82. The van der Waals surface area contributed by atoms with Crippen LogP contribution >= 0.6 is 11.6 Å². The van der Waals surface area contributed by atoms with Crippen molar-refractivity contribution < 1.29 is 19.1 Å². The van der Waals surface area contributed by atoms with E-state index < -0.39 is 17.7 Å². The molecule has 0 aliphatic heterocycles. The first-order chi connectivity index (χ1) is 11.5. The van der Waals surface area contributed by atoms with Crippen molar-refractivity contribution in [3.8, 4) is 0 Å². The van der Waals surface area contributed by atoms with E-state index in [0.717, 1.165) is 25.3 Å². The molecule has 2 aliphatic carbocycles. The van der Waals surface area contributed by atoms with E-state index in [2.05, 4.69) is 0 Å². The van der Waals surface area contributed by atoms with Gasteiger partial charge in [-0.3, -0.25) is 9.59 Å². The third-order valence-corrected chi connectivity index (χ3v) is 4.71. The van der Waals surface area contributed by atoms with Crippen LogP contribution in [0.1, 0.15) is 24.8 Å². The van der Waals surface area contributed by atoms with Crippen molar-refractivity contribution in [3.63, 3.8) is 0 Å². The first-order valence-electron chi connectivity index (χ1n) is 7.79. The number of aliphatic carboxylic acids is 1. The summed E-state index contributed by atoms with van der Waals surface area (Å²) in [6.45, 7) is 0. The van der Waals surface area contributed by atoms with E-state index >= 15 is 0 Å².